The zero-order valence-electron chi connectivity index (χ0n) is 32.2. The van der Waals surface area contributed by atoms with Crippen molar-refractivity contribution in [3.8, 4) is 54.5 Å². The number of thiazole rings is 2. The first-order valence-corrected chi connectivity index (χ1v) is 21.8. The first-order valence-electron chi connectivity index (χ1n) is 20.1. The van der Waals surface area contributed by atoms with Crippen molar-refractivity contribution in [2.75, 3.05) is 0 Å². The van der Waals surface area contributed by atoms with Gasteiger partial charge in [0.05, 0.1) is 25.8 Å². The van der Waals surface area contributed by atoms with Crippen LogP contribution in [0.1, 0.15) is 36.1 Å². The summed E-state index contributed by atoms with van der Waals surface area (Å²) in [5, 5.41) is 2.04. The van der Waals surface area contributed by atoms with Crippen molar-refractivity contribution < 1.29 is 0 Å². The van der Waals surface area contributed by atoms with Crippen LogP contribution in [0.5, 0.6) is 0 Å². The van der Waals surface area contributed by atoms with Gasteiger partial charge in [-0.3, -0.25) is 0 Å². The van der Waals surface area contributed by atoms with E-state index in [4.69, 9.17) is 9.97 Å². The van der Waals surface area contributed by atoms with Crippen LogP contribution in [-0.4, -0.2) is 9.97 Å². The Morgan fingerprint density at radius 3 is 1.57 bits per heavy atom. The van der Waals surface area contributed by atoms with E-state index in [9.17, 15) is 0 Å². The van der Waals surface area contributed by atoms with Crippen LogP contribution in [0.2, 0.25) is 0 Å². The molecule has 1 spiro atoms. The Balaban J connectivity index is 0.991. The summed E-state index contributed by atoms with van der Waals surface area (Å²) < 4.78 is 2.39. The van der Waals surface area contributed by atoms with Gasteiger partial charge in [0, 0.05) is 17.0 Å². The number of rotatable bonds is 4. The Bertz CT molecular complexity index is 3020. The molecule has 3 unspecified atom stereocenters. The predicted octanol–water partition coefficient (Wildman–Crippen LogP) is 14.5. The molecule has 3 atom stereocenters. The van der Waals surface area contributed by atoms with Gasteiger partial charge in [0.25, 0.3) is 0 Å². The molecule has 0 bridgehead atoms. The molecular weight excluding hydrogens is 741 g/mol. The number of fused-ring (bicyclic) bond motifs is 11. The minimum absolute atomic E-state index is 0.00383. The van der Waals surface area contributed by atoms with Gasteiger partial charge in [0.15, 0.2) is 0 Å². The van der Waals surface area contributed by atoms with E-state index in [0.29, 0.717) is 5.92 Å². The lowest BCUT2D eigenvalue weighted by atomic mass is 9.48. The number of hydrogen-bond acceptors (Lipinski definition) is 4. The average Bonchev–Trinajstić information content (AvgIpc) is 3.99. The molecule has 0 saturated heterocycles. The molecule has 0 fully saturated rings. The van der Waals surface area contributed by atoms with Crippen LogP contribution in [0, 0.1) is 11.8 Å². The Morgan fingerprint density at radius 2 is 0.914 bits per heavy atom. The van der Waals surface area contributed by atoms with Gasteiger partial charge in [-0.1, -0.05) is 147 Å². The van der Waals surface area contributed by atoms with Gasteiger partial charge in [-0.15, -0.1) is 22.7 Å². The second-order valence-electron chi connectivity index (χ2n) is 16.6. The maximum atomic E-state index is 5.07. The summed E-state index contributed by atoms with van der Waals surface area (Å²) in [6.45, 7) is 4.88. The molecule has 2 heterocycles. The number of benzene rings is 7. The first kappa shape index (κ1) is 33.9. The maximum absolute atomic E-state index is 5.07. The number of allylic oxidation sites excluding steroid dienone is 4. The van der Waals surface area contributed by atoms with Crippen molar-refractivity contribution in [1.82, 2.24) is 9.97 Å². The molecule has 0 saturated carbocycles. The molecule has 2 nitrogen and oxygen atoms in total. The van der Waals surface area contributed by atoms with Gasteiger partial charge >= 0.3 is 0 Å². The van der Waals surface area contributed by atoms with Crippen LogP contribution in [0.25, 0.3) is 75.0 Å². The molecule has 7 aromatic carbocycles. The van der Waals surface area contributed by atoms with Crippen molar-refractivity contribution in [1.29, 1.82) is 0 Å². The monoisotopic (exact) mass is 778 g/mol. The first-order chi connectivity index (χ1) is 28.5. The van der Waals surface area contributed by atoms with E-state index >= 15 is 0 Å². The van der Waals surface area contributed by atoms with Crippen molar-refractivity contribution in [3.63, 3.8) is 0 Å². The average molecular weight is 779 g/mol. The molecule has 3 aliphatic carbocycles. The fourth-order valence-electron chi connectivity index (χ4n) is 10.5. The van der Waals surface area contributed by atoms with Gasteiger partial charge in [0.2, 0.25) is 0 Å². The lowest BCUT2D eigenvalue weighted by Crippen LogP contribution is -2.51. The summed E-state index contributed by atoms with van der Waals surface area (Å²) >= 11 is 3.49. The van der Waals surface area contributed by atoms with Crippen LogP contribution in [0.15, 0.2) is 182 Å². The highest BCUT2D eigenvalue weighted by atomic mass is 32.1. The number of hydrogen-bond donors (Lipinski definition) is 0. The Hall–Kier alpha value is -6.20. The van der Waals surface area contributed by atoms with Gasteiger partial charge < -0.3 is 0 Å². The molecular formula is C54H38N2S2. The summed E-state index contributed by atoms with van der Waals surface area (Å²) in [4.78, 5) is 10.1. The van der Waals surface area contributed by atoms with Gasteiger partial charge in [-0.25, -0.2) is 9.97 Å². The van der Waals surface area contributed by atoms with Crippen molar-refractivity contribution in [2.24, 2.45) is 11.8 Å². The second kappa shape index (κ2) is 12.6. The number of para-hydroxylation sites is 2. The maximum Gasteiger partial charge on any atom is 0.124 e. The van der Waals surface area contributed by atoms with Gasteiger partial charge in [-0.2, -0.15) is 0 Å². The lowest BCUT2D eigenvalue weighted by molar-refractivity contribution is 0.219. The summed E-state index contributed by atoms with van der Waals surface area (Å²) in [5.74, 6) is 0.648. The number of aromatic nitrogens is 2. The van der Waals surface area contributed by atoms with Crippen molar-refractivity contribution >= 4 is 43.1 Å². The molecule has 12 rings (SSSR count). The third kappa shape index (κ3) is 4.89. The molecule has 0 N–H and O–H groups in total. The van der Waals surface area contributed by atoms with Gasteiger partial charge in [0.1, 0.15) is 10.0 Å². The minimum atomic E-state index is -0.294. The third-order valence-electron chi connectivity index (χ3n) is 13.2. The van der Waals surface area contributed by atoms with Crippen LogP contribution in [-0.2, 0) is 10.8 Å². The number of nitrogens with zero attached hydrogens (tertiary/aromatic N) is 2. The zero-order chi connectivity index (χ0) is 38.6. The second-order valence-corrected chi connectivity index (χ2v) is 18.6. The van der Waals surface area contributed by atoms with Crippen molar-refractivity contribution in [3.05, 3.63) is 204 Å². The van der Waals surface area contributed by atoms with Crippen LogP contribution in [0.3, 0.4) is 0 Å². The molecule has 2 aromatic heterocycles. The Kier molecular flexibility index (Phi) is 7.39. The normalized spacial score (nSPS) is 19.6. The Morgan fingerprint density at radius 1 is 0.414 bits per heavy atom. The van der Waals surface area contributed by atoms with E-state index in [1.807, 2.05) is 0 Å². The fraction of sp³-hybridized carbons (Fsp3) is 0.111. The highest BCUT2D eigenvalue weighted by molar-refractivity contribution is 7.22. The zero-order valence-corrected chi connectivity index (χ0v) is 33.8. The van der Waals surface area contributed by atoms with Crippen LogP contribution in [0.4, 0.5) is 0 Å². The van der Waals surface area contributed by atoms with Crippen LogP contribution >= 0.6 is 22.7 Å². The standard InChI is InChI=1S/C54H38N2S2/c1-53(2)42-15-5-7-17-44(42)54(45-18-8-6-16-43(45)53)41-14-4-3-13-39(41)40-28-27-35(32-46(40)54)33-23-25-34(26-24-33)36-29-37(51-55-47-19-9-11-21-49(47)57-51)31-38(30-36)52-56-48-20-10-12-22-50(48)58-52/h3-32,42,44H,1-2H3. The van der Waals surface area contributed by atoms with E-state index < -0.39 is 0 Å². The predicted molar refractivity (Wildman–Crippen MR) is 245 cm³/mol. The highest BCUT2D eigenvalue weighted by Crippen LogP contribution is 2.65. The SMILES string of the molecule is CC1(C)c2ccccc2C2(c3ccccc3-c3ccc(-c4ccc(-c5cc(-c6nc7ccccc7s6)cc(-c6nc7ccccc7s6)c5)cc4)cc32)C2C=CC=CC21. The van der Waals surface area contributed by atoms with E-state index in [0.717, 1.165) is 37.7 Å². The summed E-state index contributed by atoms with van der Waals surface area (Å²) in [6, 6.07) is 58.5. The molecule has 9 aromatic rings. The molecule has 0 aliphatic heterocycles. The summed E-state index contributed by atoms with van der Waals surface area (Å²) in [6.07, 6.45) is 9.52. The summed E-state index contributed by atoms with van der Waals surface area (Å²) in [7, 11) is 0. The largest absolute Gasteiger partial charge is 0.236 e. The quantitative estimate of drug-likeness (QED) is 0.178. The molecule has 4 heteroatoms. The lowest BCUT2D eigenvalue weighted by Gasteiger charge is -2.54. The molecule has 0 amide bonds. The smallest absolute Gasteiger partial charge is 0.124 e. The molecule has 3 aliphatic rings. The van der Waals surface area contributed by atoms with E-state index in [2.05, 4.69) is 196 Å². The van der Waals surface area contributed by atoms with E-state index in [1.165, 1.54) is 59.5 Å². The fourth-order valence-corrected chi connectivity index (χ4v) is 12.4. The van der Waals surface area contributed by atoms with Crippen molar-refractivity contribution in [2.45, 2.75) is 24.7 Å². The molecule has 276 valence electrons. The molecule has 58 heavy (non-hydrogen) atoms. The third-order valence-corrected chi connectivity index (χ3v) is 15.3. The minimum Gasteiger partial charge on any atom is -0.236 e. The summed E-state index contributed by atoms with van der Waals surface area (Å²) in [5.41, 5.74) is 17.2. The van der Waals surface area contributed by atoms with Crippen LogP contribution < -0.4 is 0 Å². The Labute approximate surface area is 346 Å². The van der Waals surface area contributed by atoms with E-state index in [-0.39, 0.29) is 16.7 Å². The highest BCUT2D eigenvalue weighted by Gasteiger charge is 2.58. The van der Waals surface area contributed by atoms with Gasteiger partial charge in [-0.05, 0) is 115 Å². The molecule has 0 radical (unpaired) electrons. The topological polar surface area (TPSA) is 25.8 Å². The van der Waals surface area contributed by atoms with E-state index in [1.54, 1.807) is 22.7 Å².